The van der Waals surface area contributed by atoms with Crippen LogP contribution >= 0.6 is 11.6 Å². The molecule has 2 aromatic carbocycles. The number of aromatic nitrogens is 3. The van der Waals surface area contributed by atoms with Gasteiger partial charge in [0.25, 0.3) is 5.91 Å². The van der Waals surface area contributed by atoms with E-state index in [4.69, 9.17) is 16.6 Å². The highest BCUT2D eigenvalue weighted by Crippen LogP contribution is 2.31. The molecule has 0 unspecified atom stereocenters. The van der Waals surface area contributed by atoms with Gasteiger partial charge in [0.05, 0.1) is 22.3 Å². The number of amides is 1. The van der Waals surface area contributed by atoms with Crippen LogP contribution in [0.5, 0.6) is 0 Å². The minimum atomic E-state index is -0.125. The van der Waals surface area contributed by atoms with Crippen molar-refractivity contribution < 1.29 is 4.79 Å². The van der Waals surface area contributed by atoms with Crippen LogP contribution in [0.1, 0.15) is 30.1 Å². The first-order valence-corrected chi connectivity index (χ1v) is 10.0. The Balaban J connectivity index is 1.87. The fourth-order valence-electron chi connectivity index (χ4n) is 3.26. The van der Waals surface area contributed by atoms with E-state index >= 15 is 0 Å². The molecule has 1 amide bonds. The lowest BCUT2D eigenvalue weighted by Gasteiger charge is -2.09. The van der Waals surface area contributed by atoms with Crippen LogP contribution in [-0.2, 0) is 0 Å². The van der Waals surface area contributed by atoms with Crippen LogP contribution < -0.4 is 5.32 Å². The van der Waals surface area contributed by atoms with Crippen LogP contribution in [0.25, 0.3) is 33.5 Å². The SMILES string of the molecule is CCCCNC(=O)c1cc(-c2ccc(Cl)cc2)nc2n[nH]c(-c3ccccc3)c12. The zero-order chi connectivity index (χ0) is 20.2. The Morgan fingerprint density at radius 3 is 2.55 bits per heavy atom. The average Bonchev–Trinajstić information content (AvgIpc) is 3.18. The molecule has 0 saturated heterocycles. The van der Waals surface area contributed by atoms with Gasteiger partial charge in [-0.3, -0.25) is 9.89 Å². The summed E-state index contributed by atoms with van der Waals surface area (Å²) < 4.78 is 0. The molecule has 0 aliphatic rings. The number of pyridine rings is 1. The fourth-order valence-corrected chi connectivity index (χ4v) is 3.38. The first-order valence-electron chi connectivity index (χ1n) is 9.66. The molecular formula is C23H21ClN4O. The van der Waals surface area contributed by atoms with E-state index in [2.05, 4.69) is 22.4 Å². The van der Waals surface area contributed by atoms with Gasteiger partial charge in [-0.25, -0.2) is 4.98 Å². The average molecular weight is 405 g/mol. The van der Waals surface area contributed by atoms with E-state index in [-0.39, 0.29) is 5.91 Å². The van der Waals surface area contributed by atoms with E-state index in [0.29, 0.717) is 28.5 Å². The van der Waals surface area contributed by atoms with Gasteiger partial charge < -0.3 is 5.32 Å². The van der Waals surface area contributed by atoms with Crippen LogP contribution in [-0.4, -0.2) is 27.6 Å². The molecular weight excluding hydrogens is 384 g/mol. The molecule has 2 N–H and O–H groups in total. The van der Waals surface area contributed by atoms with Gasteiger partial charge in [-0.05, 0) is 24.6 Å². The highest BCUT2D eigenvalue weighted by atomic mass is 35.5. The Morgan fingerprint density at radius 2 is 1.83 bits per heavy atom. The largest absolute Gasteiger partial charge is 0.352 e. The lowest BCUT2D eigenvalue weighted by Crippen LogP contribution is -2.24. The Bertz CT molecular complexity index is 1140. The van der Waals surface area contributed by atoms with E-state index in [1.54, 1.807) is 0 Å². The summed E-state index contributed by atoms with van der Waals surface area (Å²) in [6, 6.07) is 19.1. The van der Waals surface area contributed by atoms with E-state index in [9.17, 15) is 4.79 Å². The normalized spacial score (nSPS) is 11.0. The number of unbranched alkanes of at least 4 members (excludes halogenated alkanes) is 1. The van der Waals surface area contributed by atoms with Crippen molar-refractivity contribution in [1.82, 2.24) is 20.5 Å². The molecule has 4 rings (SSSR count). The highest BCUT2D eigenvalue weighted by Gasteiger charge is 2.20. The number of benzene rings is 2. The van der Waals surface area contributed by atoms with Crippen molar-refractivity contribution in [3.05, 3.63) is 71.2 Å². The Labute approximate surface area is 174 Å². The molecule has 0 aliphatic heterocycles. The number of hydrogen-bond acceptors (Lipinski definition) is 3. The van der Waals surface area contributed by atoms with Gasteiger partial charge in [-0.2, -0.15) is 5.10 Å². The molecule has 0 bridgehead atoms. The van der Waals surface area contributed by atoms with Gasteiger partial charge in [0.1, 0.15) is 0 Å². The lowest BCUT2D eigenvalue weighted by atomic mass is 10.0. The number of aromatic amines is 1. The predicted octanol–water partition coefficient (Wildman–Crippen LogP) is 5.48. The Hall–Kier alpha value is -3.18. The summed E-state index contributed by atoms with van der Waals surface area (Å²) in [5.41, 5.74) is 4.37. The smallest absolute Gasteiger partial charge is 0.252 e. The van der Waals surface area contributed by atoms with Crippen molar-refractivity contribution in [2.45, 2.75) is 19.8 Å². The van der Waals surface area contributed by atoms with Crippen LogP contribution in [0.15, 0.2) is 60.7 Å². The maximum atomic E-state index is 13.1. The number of rotatable bonds is 6. The summed E-state index contributed by atoms with van der Waals surface area (Å²) in [5, 5.41) is 11.9. The summed E-state index contributed by atoms with van der Waals surface area (Å²) in [4.78, 5) is 17.7. The zero-order valence-corrected chi connectivity index (χ0v) is 16.8. The van der Waals surface area contributed by atoms with Crippen molar-refractivity contribution >= 4 is 28.5 Å². The van der Waals surface area contributed by atoms with Crippen LogP contribution in [0, 0.1) is 0 Å². The minimum Gasteiger partial charge on any atom is -0.352 e. The molecule has 0 atom stereocenters. The summed E-state index contributed by atoms with van der Waals surface area (Å²) in [7, 11) is 0. The Morgan fingerprint density at radius 1 is 1.07 bits per heavy atom. The van der Waals surface area contributed by atoms with Gasteiger partial charge in [-0.15, -0.1) is 0 Å². The molecule has 29 heavy (non-hydrogen) atoms. The molecule has 0 radical (unpaired) electrons. The third-order valence-corrected chi connectivity index (χ3v) is 5.04. The number of nitrogens with one attached hydrogen (secondary N) is 2. The topological polar surface area (TPSA) is 70.7 Å². The van der Waals surface area contributed by atoms with Gasteiger partial charge in [0, 0.05) is 22.7 Å². The summed E-state index contributed by atoms with van der Waals surface area (Å²) in [5.74, 6) is -0.125. The van der Waals surface area contributed by atoms with Crippen LogP contribution in [0.4, 0.5) is 0 Å². The number of nitrogens with zero attached hydrogens (tertiary/aromatic N) is 2. The second kappa shape index (κ2) is 8.45. The van der Waals surface area contributed by atoms with Crippen molar-refractivity contribution in [2.75, 3.05) is 6.54 Å². The van der Waals surface area contributed by atoms with Crippen molar-refractivity contribution in [3.8, 4) is 22.5 Å². The molecule has 0 saturated carbocycles. The third-order valence-electron chi connectivity index (χ3n) is 4.79. The summed E-state index contributed by atoms with van der Waals surface area (Å²) >= 11 is 6.02. The minimum absolute atomic E-state index is 0.125. The number of fused-ring (bicyclic) bond motifs is 1. The number of hydrogen-bond donors (Lipinski definition) is 2. The molecule has 6 heteroatoms. The molecule has 2 heterocycles. The van der Waals surface area contributed by atoms with Gasteiger partial charge in [-0.1, -0.05) is 67.4 Å². The van der Waals surface area contributed by atoms with Crippen LogP contribution in [0.2, 0.25) is 5.02 Å². The predicted molar refractivity (Wildman–Crippen MR) is 117 cm³/mol. The maximum Gasteiger partial charge on any atom is 0.252 e. The number of halogens is 1. The van der Waals surface area contributed by atoms with Gasteiger partial charge in [0.15, 0.2) is 5.65 Å². The second-order valence-electron chi connectivity index (χ2n) is 6.83. The molecule has 4 aromatic rings. The maximum absolute atomic E-state index is 13.1. The first-order chi connectivity index (χ1) is 14.2. The van der Waals surface area contributed by atoms with E-state index in [1.807, 2.05) is 60.7 Å². The van der Waals surface area contributed by atoms with E-state index in [0.717, 1.165) is 35.0 Å². The third kappa shape index (κ3) is 4.00. The number of carbonyl (C=O) groups is 1. The van der Waals surface area contributed by atoms with Gasteiger partial charge in [0.2, 0.25) is 0 Å². The molecule has 5 nitrogen and oxygen atoms in total. The molecule has 0 fully saturated rings. The monoisotopic (exact) mass is 404 g/mol. The van der Waals surface area contributed by atoms with E-state index < -0.39 is 0 Å². The van der Waals surface area contributed by atoms with Gasteiger partial charge >= 0.3 is 0 Å². The van der Waals surface area contributed by atoms with Crippen molar-refractivity contribution in [1.29, 1.82) is 0 Å². The standard InChI is InChI=1S/C23H21ClN4O/c1-2-3-13-25-23(29)18-14-19(15-9-11-17(24)12-10-15)26-22-20(18)21(27-28-22)16-7-5-4-6-8-16/h4-12,14H,2-3,13H2,1H3,(H,25,29)(H,26,27,28). The summed E-state index contributed by atoms with van der Waals surface area (Å²) in [6.45, 7) is 2.73. The summed E-state index contributed by atoms with van der Waals surface area (Å²) in [6.07, 6.45) is 1.95. The van der Waals surface area contributed by atoms with Crippen molar-refractivity contribution in [3.63, 3.8) is 0 Å². The quantitative estimate of drug-likeness (QED) is 0.418. The van der Waals surface area contributed by atoms with Crippen LogP contribution in [0.3, 0.4) is 0 Å². The zero-order valence-electron chi connectivity index (χ0n) is 16.1. The number of H-pyrrole nitrogens is 1. The molecule has 0 aliphatic carbocycles. The first kappa shape index (κ1) is 19.2. The fraction of sp³-hybridized carbons (Fsp3) is 0.174. The Kier molecular flexibility index (Phi) is 5.58. The van der Waals surface area contributed by atoms with Crippen molar-refractivity contribution in [2.24, 2.45) is 0 Å². The number of carbonyl (C=O) groups excluding carboxylic acids is 1. The molecule has 0 spiro atoms. The lowest BCUT2D eigenvalue weighted by molar-refractivity contribution is 0.0955. The highest BCUT2D eigenvalue weighted by molar-refractivity contribution is 6.30. The molecule has 146 valence electrons. The molecule has 2 aromatic heterocycles. The van der Waals surface area contributed by atoms with E-state index in [1.165, 1.54) is 0 Å². The second-order valence-corrected chi connectivity index (χ2v) is 7.27.